The van der Waals surface area contributed by atoms with Crippen molar-refractivity contribution in [2.45, 2.75) is 13.8 Å². The van der Waals surface area contributed by atoms with Crippen LogP contribution < -0.4 is 5.32 Å². The first-order chi connectivity index (χ1) is 6.11. The molecule has 0 radical (unpaired) electrons. The average molecular weight is 307 g/mol. The molecule has 0 unspecified atom stereocenters. The van der Waals surface area contributed by atoms with Gasteiger partial charge in [0.15, 0.2) is 0 Å². The zero-order valence-electron chi connectivity index (χ0n) is 7.77. The molecule has 0 aliphatic rings. The predicted octanol–water partition coefficient (Wildman–Crippen LogP) is 4.28. The minimum atomic E-state index is 0.652. The Morgan fingerprint density at radius 2 is 1.77 bits per heavy atom. The third kappa shape index (κ3) is 3.31. The maximum atomic E-state index is 3.50. The summed E-state index contributed by atoms with van der Waals surface area (Å²) in [5.74, 6) is 0.652. The highest BCUT2D eigenvalue weighted by atomic mass is 79.9. The van der Waals surface area contributed by atoms with Gasteiger partial charge in [0.25, 0.3) is 0 Å². The van der Waals surface area contributed by atoms with Crippen LogP contribution in [0.4, 0.5) is 5.69 Å². The highest BCUT2D eigenvalue weighted by Gasteiger charge is 2.03. The van der Waals surface area contributed by atoms with Gasteiger partial charge >= 0.3 is 0 Å². The highest BCUT2D eigenvalue weighted by molar-refractivity contribution is 9.11. The van der Waals surface area contributed by atoms with E-state index in [9.17, 15) is 0 Å². The number of hydrogen-bond acceptors (Lipinski definition) is 1. The van der Waals surface area contributed by atoms with Crippen molar-refractivity contribution in [2.75, 3.05) is 11.9 Å². The third-order valence-electron chi connectivity index (χ3n) is 1.65. The van der Waals surface area contributed by atoms with Crippen LogP contribution >= 0.6 is 31.9 Å². The Morgan fingerprint density at radius 1 is 1.23 bits per heavy atom. The lowest BCUT2D eigenvalue weighted by Crippen LogP contribution is -2.08. The molecule has 0 heterocycles. The first-order valence-electron chi connectivity index (χ1n) is 4.29. The van der Waals surface area contributed by atoms with Crippen molar-refractivity contribution in [3.8, 4) is 0 Å². The predicted molar refractivity (Wildman–Crippen MR) is 65.2 cm³/mol. The summed E-state index contributed by atoms with van der Waals surface area (Å²) >= 11 is 7.01. The van der Waals surface area contributed by atoms with Gasteiger partial charge in [-0.05, 0) is 49.9 Å². The molecule has 72 valence electrons. The third-order valence-corrected chi connectivity index (χ3v) is 2.97. The molecule has 0 bridgehead atoms. The van der Waals surface area contributed by atoms with Crippen molar-refractivity contribution in [1.82, 2.24) is 0 Å². The Bertz CT molecular complexity index is 264. The van der Waals surface area contributed by atoms with Crippen LogP contribution in [0.2, 0.25) is 0 Å². The minimum absolute atomic E-state index is 0.652. The van der Waals surface area contributed by atoms with Crippen LogP contribution in [0.15, 0.2) is 27.1 Å². The van der Waals surface area contributed by atoms with Crippen LogP contribution in [-0.4, -0.2) is 6.54 Å². The highest BCUT2D eigenvalue weighted by Crippen LogP contribution is 2.30. The second-order valence-corrected chi connectivity index (χ2v) is 5.08. The molecular weight excluding hydrogens is 294 g/mol. The van der Waals surface area contributed by atoms with Crippen LogP contribution in [0, 0.1) is 5.92 Å². The van der Waals surface area contributed by atoms with Crippen LogP contribution in [0.1, 0.15) is 13.8 Å². The van der Waals surface area contributed by atoms with E-state index in [-0.39, 0.29) is 0 Å². The molecule has 1 nitrogen and oxygen atoms in total. The smallest absolute Gasteiger partial charge is 0.0629 e. The van der Waals surface area contributed by atoms with Crippen LogP contribution in [0.25, 0.3) is 0 Å². The van der Waals surface area contributed by atoms with E-state index in [1.165, 1.54) is 0 Å². The Balaban J connectivity index is 2.75. The molecule has 0 saturated carbocycles. The molecule has 1 N–H and O–H groups in total. The summed E-state index contributed by atoms with van der Waals surface area (Å²) in [4.78, 5) is 0. The summed E-state index contributed by atoms with van der Waals surface area (Å²) in [6.07, 6.45) is 0. The molecule has 0 aliphatic carbocycles. The van der Waals surface area contributed by atoms with Gasteiger partial charge in [-0.3, -0.25) is 0 Å². The second kappa shape index (κ2) is 5.01. The fraction of sp³-hybridized carbons (Fsp3) is 0.400. The van der Waals surface area contributed by atoms with Gasteiger partial charge in [-0.25, -0.2) is 0 Å². The number of anilines is 1. The maximum Gasteiger partial charge on any atom is 0.0629 e. The van der Waals surface area contributed by atoms with Crippen LogP contribution in [0.3, 0.4) is 0 Å². The average Bonchev–Trinajstić information content (AvgIpc) is 2.03. The number of hydrogen-bond donors (Lipinski definition) is 1. The molecule has 1 aromatic rings. The van der Waals surface area contributed by atoms with Gasteiger partial charge in [0, 0.05) is 15.5 Å². The van der Waals surface area contributed by atoms with Crippen molar-refractivity contribution in [3.05, 3.63) is 27.1 Å². The lowest BCUT2D eigenvalue weighted by Gasteiger charge is -2.12. The van der Waals surface area contributed by atoms with E-state index in [0.717, 1.165) is 21.2 Å². The van der Waals surface area contributed by atoms with Crippen LogP contribution in [0.5, 0.6) is 0 Å². The van der Waals surface area contributed by atoms with E-state index in [1.54, 1.807) is 0 Å². The van der Waals surface area contributed by atoms with Gasteiger partial charge < -0.3 is 5.32 Å². The summed E-state index contributed by atoms with van der Waals surface area (Å²) in [6, 6.07) is 6.08. The van der Waals surface area contributed by atoms with Gasteiger partial charge in [-0.15, -0.1) is 0 Å². The number of rotatable bonds is 3. The zero-order chi connectivity index (χ0) is 9.84. The van der Waals surface area contributed by atoms with Gasteiger partial charge in [-0.2, -0.15) is 0 Å². The standard InChI is InChI=1S/C10H13Br2N/c1-7(2)6-13-10-8(11)4-3-5-9(10)12/h3-5,7,13H,6H2,1-2H3. The monoisotopic (exact) mass is 305 g/mol. The summed E-state index contributed by atoms with van der Waals surface area (Å²) in [7, 11) is 0. The molecular formula is C10H13Br2N. The topological polar surface area (TPSA) is 12.0 Å². The quantitative estimate of drug-likeness (QED) is 0.879. The van der Waals surface area contributed by atoms with Gasteiger partial charge in [0.1, 0.15) is 0 Å². The van der Waals surface area contributed by atoms with Crippen molar-refractivity contribution in [2.24, 2.45) is 5.92 Å². The van der Waals surface area contributed by atoms with E-state index in [1.807, 2.05) is 18.2 Å². The van der Waals surface area contributed by atoms with Crippen LogP contribution in [-0.2, 0) is 0 Å². The summed E-state index contributed by atoms with van der Waals surface area (Å²) in [5.41, 5.74) is 1.14. The summed E-state index contributed by atoms with van der Waals surface area (Å²) in [5, 5.41) is 3.39. The molecule has 0 aliphatic heterocycles. The minimum Gasteiger partial charge on any atom is -0.383 e. The number of benzene rings is 1. The van der Waals surface area contributed by atoms with Gasteiger partial charge in [-0.1, -0.05) is 19.9 Å². The lowest BCUT2D eigenvalue weighted by molar-refractivity contribution is 0.688. The van der Waals surface area contributed by atoms with E-state index >= 15 is 0 Å². The molecule has 0 aromatic heterocycles. The summed E-state index contributed by atoms with van der Waals surface area (Å²) in [6.45, 7) is 5.37. The van der Waals surface area contributed by atoms with E-state index in [0.29, 0.717) is 5.92 Å². The van der Waals surface area contributed by atoms with E-state index in [4.69, 9.17) is 0 Å². The molecule has 1 aromatic carbocycles. The number of para-hydroxylation sites is 1. The Morgan fingerprint density at radius 3 is 2.23 bits per heavy atom. The molecule has 0 fully saturated rings. The fourth-order valence-corrected chi connectivity index (χ4v) is 2.25. The first kappa shape index (κ1) is 11.1. The SMILES string of the molecule is CC(C)CNc1c(Br)cccc1Br. The van der Waals surface area contributed by atoms with Gasteiger partial charge in [0.2, 0.25) is 0 Å². The first-order valence-corrected chi connectivity index (χ1v) is 5.87. The van der Waals surface area contributed by atoms with E-state index < -0.39 is 0 Å². The Labute approximate surface area is 96.2 Å². The largest absolute Gasteiger partial charge is 0.383 e. The molecule has 0 spiro atoms. The molecule has 0 saturated heterocycles. The molecule has 0 amide bonds. The van der Waals surface area contributed by atoms with Crippen molar-refractivity contribution >= 4 is 37.5 Å². The van der Waals surface area contributed by atoms with Crippen molar-refractivity contribution in [1.29, 1.82) is 0 Å². The normalized spacial score (nSPS) is 10.5. The molecule has 3 heteroatoms. The molecule has 0 atom stereocenters. The van der Waals surface area contributed by atoms with Crippen molar-refractivity contribution < 1.29 is 0 Å². The Hall–Kier alpha value is -0.0200. The zero-order valence-corrected chi connectivity index (χ0v) is 10.9. The fourth-order valence-electron chi connectivity index (χ4n) is 0.973. The van der Waals surface area contributed by atoms with Crippen molar-refractivity contribution in [3.63, 3.8) is 0 Å². The van der Waals surface area contributed by atoms with E-state index in [2.05, 4.69) is 51.0 Å². The maximum absolute atomic E-state index is 3.50. The number of nitrogens with one attached hydrogen (secondary N) is 1. The second-order valence-electron chi connectivity index (χ2n) is 3.37. The number of halogens is 2. The Kier molecular flexibility index (Phi) is 4.26. The van der Waals surface area contributed by atoms with Gasteiger partial charge in [0.05, 0.1) is 5.69 Å². The molecule has 13 heavy (non-hydrogen) atoms. The lowest BCUT2D eigenvalue weighted by atomic mass is 10.2. The molecule has 1 rings (SSSR count). The summed E-state index contributed by atoms with van der Waals surface area (Å²) < 4.78 is 2.20.